The second kappa shape index (κ2) is 4.52. The van der Waals surface area contributed by atoms with E-state index >= 15 is 0 Å². The van der Waals surface area contributed by atoms with Crippen molar-refractivity contribution in [1.29, 1.82) is 0 Å². The number of hydrogen-bond donors (Lipinski definition) is 0. The summed E-state index contributed by atoms with van der Waals surface area (Å²) in [6.07, 6.45) is 4.85. The lowest BCUT2D eigenvalue weighted by atomic mass is 10.0. The molecule has 0 aliphatic rings. The maximum Gasteiger partial charge on any atom is 0.112 e. The molecule has 2 aromatic rings. The van der Waals surface area contributed by atoms with E-state index in [1.54, 1.807) is 0 Å². The third kappa shape index (κ3) is 2.01. The van der Waals surface area contributed by atoms with Crippen LogP contribution in [0, 0.1) is 0 Å². The van der Waals surface area contributed by atoms with Crippen LogP contribution in [0.1, 0.15) is 38.1 Å². The molecule has 0 saturated carbocycles. The van der Waals surface area contributed by atoms with Gasteiger partial charge in [0.2, 0.25) is 0 Å². The number of benzene rings is 1. The second-order valence-corrected chi connectivity index (χ2v) is 4.32. The van der Waals surface area contributed by atoms with Gasteiger partial charge in [-0.25, -0.2) is 4.98 Å². The van der Waals surface area contributed by atoms with Crippen molar-refractivity contribution in [2.75, 3.05) is 0 Å². The first-order valence-corrected chi connectivity index (χ1v) is 5.85. The van der Waals surface area contributed by atoms with Gasteiger partial charge in [0.1, 0.15) is 5.82 Å². The predicted octanol–water partition coefficient (Wildman–Crippen LogP) is 3.56. The number of rotatable bonds is 3. The summed E-state index contributed by atoms with van der Waals surface area (Å²) in [7, 11) is 0. The summed E-state index contributed by atoms with van der Waals surface area (Å²) < 4.78 is 2.16. The van der Waals surface area contributed by atoms with Gasteiger partial charge in [-0.15, -0.1) is 0 Å². The van der Waals surface area contributed by atoms with Crippen LogP contribution in [0.5, 0.6) is 0 Å². The van der Waals surface area contributed by atoms with Crippen LogP contribution < -0.4 is 0 Å². The first kappa shape index (κ1) is 10.9. The van der Waals surface area contributed by atoms with Crippen LogP contribution in [0.3, 0.4) is 0 Å². The van der Waals surface area contributed by atoms with E-state index in [4.69, 9.17) is 0 Å². The van der Waals surface area contributed by atoms with Crippen LogP contribution in [0.2, 0.25) is 0 Å². The van der Waals surface area contributed by atoms with Crippen molar-refractivity contribution in [3.05, 3.63) is 48.0 Å². The highest BCUT2D eigenvalue weighted by atomic mass is 15.1. The van der Waals surface area contributed by atoms with Crippen molar-refractivity contribution >= 4 is 0 Å². The molecular formula is C14H18N2. The van der Waals surface area contributed by atoms with Gasteiger partial charge in [0.15, 0.2) is 0 Å². The molecule has 16 heavy (non-hydrogen) atoms. The summed E-state index contributed by atoms with van der Waals surface area (Å²) in [5.41, 5.74) is 2.58. The largest absolute Gasteiger partial charge is 0.304 e. The molecule has 84 valence electrons. The summed E-state index contributed by atoms with van der Waals surface area (Å²) in [6, 6.07) is 8.67. The molecule has 0 aliphatic heterocycles. The number of aromatic nitrogens is 2. The normalized spacial score (nSPS) is 11.0. The molecular weight excluding hydrogens is 196 g/mol. The molecule has 0 amide bonds. The zero-order valence-corrected chi connectivity index (χ0v) is 10.1. The maximum absolute atomic E-state index is 4.35. The van der Waals surface area contributed by atoms with E-state index in [1.165, 1.54) is 11.3 Å². The highest BCUT2D eigenvalue weighted by Gasteiger charge is 2.04. The molecule has 1 heterocycles. The number of aryl methyl sites for hydroxylation is 1. The van der Waals surface area contributed by atoms with Gasteiger partial charge in [-0.3, -0.25) is 0 Å². The lowest BCUT2D eigenvalue weighted by molar-refractivity contribution is 0.853. The van der Waals surface area contributed by atoms with E-state index < -0.39 is 0 Å². The van der Waals surface area contributed by atoms with Gasteiger partial charge in [-0.1, -0.05) is 32.9 Å². The smallest absolute Gasteiger partial charge is 0.112 e. The van der Waals surface area contributed by atoms with Crippen molar-refractivity contribution in [2.24, 2.45) is 0 Å². The van der Waals surface area contributed by atoms with Gasteiger partial charge < -0.3 is 4.57 Å². The molecule has 2 heteroatoms. The Morgan fingerprint density at radius 1 is 1.31 bits per heavy atom. The molecule has 0 atom stereocenters. The quantitative estimate of drug-likeness (QED) is 0.764. The zero-order chi connectivity index (χ0) is 11.5. The molecule has 0 N–H and O–H groups in total. The molecule has 2 nitrogen and oxygen atoms in total. The summed E-state index contributed by atoms with van der Waals surface area (Å²) in [5, 5.41) is 0. The van der Waals surface area contributed by atoms with Gasteiger partial charge in [0, 0.05) is 24.5 Å². The van der Waals surface area contributed by atoms with E-state index in [2.05, 4.69) is 54.6 Å². The Bertz CT molecular complexity index is 469. The van der Waals surface area contributed by atoms with Crippen molar-refractivity contribution in [3.8, 4) is 5.69 Å². The first-order valence-electron chi connectivity index (χ1n) is 5.85. The van der Waals surface area contributed by atoms with Crippen molar-refractivity contribution in [3.63, 3.8) is 0 Å². The first-order chi connectivity index (χ1) is 7.72. The molecule has 0 saturated heterocycles. The average molecular weight is 214 g/mol. The number of hydrogen-bond acceptors (Lipinski definition) is 1. The fourth-order valence-corrected chi connectivity index (χ4v) is 1.86. The maximum atomic E-state index is 4.35. The summed E-state index contributed by atoms with van der Waals surface area (Å²) in [4.78, 5) is 4.35. The molecule has 2 rings (SSSR count). The minimum absolute atomic E-state index is 0.563. The molecule has 0 aliphatic carbocycles. The highest BCUT2D eigenvalue weighted by molar-refractivity contribution is 5.38. The number of nitrogens with zero attached hydrogens (tertiary/aromatic N) is 2. The van der Waals surface area contributed by atoms with Crippen LogP contribution in [0.15, 0.2) is 36.7 Å². The lowest BCUT2D eigenvalue weighted by Gasteiger charge is -2.10. The monoisotopic (exact) mass is 214 g/mol. The van der Waals surface area contributed by atoms with E-state index in [-0.39, 0.29) is 0 Å². The second-order valence-electron chi connectivity index (χ2n) is 4.32. The molecule has 1 aromatic heterocycles. The van der Waals surface area contributed by atoms with E-state index in [9.17, 15) is 0 Å². The summed E-state index contributed by atoms with van der Waals surface area (Å²) in [6.45, 7) is 6.56. The Balaban J connectivity index is 2.44. The van der Waals surface area contributed by atoms with Crippen molar-refractivity contribution in [2.45, 2.75) is 33.1 Å². The molecule has 0 radical (unpaired) electrons. The molecule has 0 bridgehead atoms. The van der Waals surface area contributed by atoms with Crippen LogP contribution in [-0.4, -0.2) is 9.55 Å². The standard InChI is InChI=1S/C14H18N2/c1-4-14-15-8-9-16(14)13-7-5-6-12(10-13)11(2)3/h5-11H,4H2,1-3H3. The van der Waals surface area contributed by atoms with Gasteiger partial charge in [0.05, 0.1) is 0 Å². The minimum Gasteiger partial charge on any atom is -0.304 e. The van der Waals surface area contributed by atoms with E-state index in [0.717, 1.165) is 12.2 Å². The predicted molar refractivity (Wildman–Crippen MR) is 67.0 cm³/mol. The molecule has 1 aromatic carbocycles. The number of imidazole rings is 1. The molecule has 0 spiro atoms. The average Bonchev–Trinajstić information content (AvgIpc) is 2.77. The van der Waals surface area contributed by atoms with Crippen LogP contribution in [-0.2, 0) is 6.42 Å². The SMILES string of the molecule is CCc1nccn1-c1cccc(C(C)C)c1. The minimum atomic E-state index is 0.563. The Morgan fingerprint density at radius 3 is 2.81 bits per heavy atom. The lowest BCUT2D eigenvalue weighted by Crippen LogP contribution is -2.00. The zero-order valence-electron chi connectivity index (χ0n) is 10.1. The van der Waals surface area contributed by atoms with E-state index in [1.807, 2.05) is 12.4 Å². The van der Waals surface area contributed by atoms with Crippen LogP contribution >= 0.6 is 0 Å². The van der Waals surface area contributed by atoms with Crippen molar-refractivity contribution in [1.82, 2.24) is 9.55 Å². The van der Waals surface area contributed by atoms with Gasteiger partial charge in [-0.2, -0.15) is 0 Å². The topological polar surface area (TPSA) is 17.8 Å². The van der Waals surface area contributed by atoms with E-state index in [0.29, 0.717) is 5.92 Å². The summed E-state index contributed by atoms with van der Waals surface area (Å²) in [5.74, 6) is 1.68. The van der Waals surface area contributed by atoms with Crippen molar-refractivity contribution < 1.29 is 0 Å². The highest BCUT2D eigenvalue weighted by Crippen LogP contribution is 2.19. The molecule has 0 unspecified atom stereocenters. The van der Waals surface area contributed by atoms with Crippen LogP contribution in [0.25, 0.3) is 5.69 Å². The third-order valence-electron chi connectivity index (χ3n) is 2.85. The summed E-state index contributed by atoms with van der Waals surface area (Å²) >= 11 is 0. The fraction of sp³-hybridized carbons (Fsp3) is 0.357. The van der Waals surface area contributed by atoms with Gasteiger partial charge in [-0.05, 0) is 23.6 Å². The fourth-order valence-electron chi connectivity index (χ4n) is 1.86. The Hall–Kier alpha value is -1.57. The van der Waals surface area contributed by atoms with Crippen LogP contribution in [0.4, 0.5) is 0 Å². The Labute approximate surface area is 97.0 Å². The third-order valence-corrected chi connectivity index (χ3v) is 2.85. The molecule has 0 fully saturated rings. The Morgan fingerprint density at radius 2 is 2.12 bits per heavy atom. The van der Waals surface area contributed by atoms with Gasteiger partial charge in [0.25, 0.3) is 0 Å². The van der Waals surface area contributed by atoms with Gasteiger partial charge >= 0.3 is 0 Å². The Kier molecular flexibility index (Phi) is 3.09.